The van der Waals surface area contributed by atoms with E-state index in [0.717, 1.165) is 30.0 Å². The highest BCUT2D eigenvalue weighted by Gasteiger charge is 2.54. The van der Waals surface area contributed by atoms with Crippen molar-refractivity contribution >= 4 is 0 Å². The molecule has 2 fully saturated rings. The quantitative estimate of drug-likeness (QED) is 0.732. The van der Waals surface area contributed by atoms with E-state index in [1.165, 1.54) is 49.7 Å². The molecule has 0 aromatic heterocycles. The number of aromatic hydroxyl groups is 1. The molecule has 2 saturated carbocycles. The molecule has 3 nitrogen and oxygen atoms in total. The molecule has 0 saturated heterocycles. The third kappa shape index (κ3) is 3.24. The first-order valence-corrected chi connectivity index (χ1v) is 11.3. The number of hydrogen-bond donors (Lipinski definition) is 2. The molecule has 0 spiro atoms. The highest BCUT2D eigenvalue weighted by molar-refractivity contribution is 5.40. The Kier molecular flexibility index (Phi) is 4.82. The first-order valence-electron chi connectivity index (χ1n) is 11.3. The Labute approximate surface area is 174 Å². The van der Waals surface area contributed by atoms with Crippen molar-refractivity contribution in [1.29, 1.82) is 0 Å². The van der Waals surface area contributed by atoms with Crippen molar-refractivity contribution in [3.05, 3.63) is 59.2 Å². The fourth-order valence-corrected chi connectivity index (χ4v) is 6.88. The lowest BCUT2D eigenvalue weighted by molar-refractivity contribution is 0.0408. The molecule has 3 aliphatic rings. The highest BCUT2D eigenvalue weighted by atomic mass is 16.5. The molecule has 2 aromatic rings. The van der Waals surface area contributed by atoms with Gasteiger partial charge in [0.2, 0.25) is 0 Å². The normalized spacial score (nSPS) is 32.9. The molecule has 0 bridgehead atoms. The predicted molar refractivity (Wildman–Crippen MR) is 116 cm³/mol. The van der Waals surface area contributed by atoms with Crippen LogP contribution in [-0.2, 0) is 13.0 Å². The van der Waals surface area contributed by atoms with Gasteiger partial charge in [0.05, 0.1) is 7.11 Å². The van der Waals surface area contributed by atoms with Crippen molar-refractivity contribution in [1.82, 2.24) is 5.32 Å². The Hall–Kier alpha value is -2.00. The van der Waals surface area contributed by atoms with Gasteiger partial charge < -0.3 is 15.2 Å². The van der Waals surface area contributed by atoms with Crippen LogP contribution in [0.2, 0.25) is 0 Å². The Morgan fingerprint density at radius 1 is 1.07 bits per heavy atom. The van der Waals surface area contributed by atoms with E-state index < -0.39 is 0 Å². The lowest BCUT2D eigenvalue weighted by Crippen LogP contribution is -2.48. The van der Waals surface area contributed by atoms with Gasteiger partial charge in [-0.05, 0) is 103 Å². The van der Waals surface area contributed by atoms with Gasteiger partial charge >= 0.3 is 0 Å². The predicted octanol–water partition coefficient (Wildman–Crippen LogP) is 5.42. The molecule has 29 heavy (non-hydrogen) atoms. The minimum absolute atomic E-state index is 0.343. The van der Waals surface area contributed by atoms with Crippen molar-refractivity contribution in [3.63, 3.8) is 0 Å². The number of fused-ring (bicyclic) bond motifs is 5. The summed E-state index contributed by atoms with van der Waals surface area (Å²) >= 11 is 0. The molecule has 3 aliphatic carbocycles. The number of benzene rings is 2. The van der Waals surface area contributed by atoms with Crippen molar-refractivity contribution in [2.75, 3.05) is 7.11 Å². The molecule has 5 atom stereocenters. The fourth-order valence-electron chi connectivity index (χ4n) is 6.88. The van der Waals surface area contributed by atoms with Gasteiger partial charge in [0.1, 0.15) is 11.5 Å². The van der Waals surface area contributed by atoms with Gasteiger partial charge in [-0.25, -0.2) is 0 Å². The zero-order valence-corrected chi connectivity index (χ0v) is 17.7. The Morgan fingerprint density at radius 2 is 1.90 bits per heavy atom. The van der Waals surface area contributed by atoms with Crippen LogP contribution in [0.3, 0.4) is 0 Å². The SMILES string of the molecule is COc1ccc2c(c1)CCC1C2CC[C@]2(C)[C@H](NCc3ccc(O)cc3)CC[C@@H]12. The topological polar surface area (TPSA) is 41.5 Å². The van der Waals surface area contributed by atoms with E-state index in [9.17, 15) is 5.11 Å². The second-order valence-corrected chi connectivity index (χ2v) is 9.70. The summed E-state index contributed by atoms with van der Waals surface area (Å²) in [7, 11) is 1.77. The van der Waals surface area contributed by atoms with E-state index in [-0.39, 0.29) is 0 Å². The number of nitrogens with one attached hydrogen (secondary N) is 1. The van der Waals surface area contributed by atoms with E-state index in [4.69, 9.17) is 4.74 Å². The van der Waals surface area contributed by atoms with Crippen LogP contribution in [0.5, 0.6) is 11.5 Å². The van der Waals surface area contributed by atoms with Gasteiger partial charge in [0, 0.05) is 12.6 Å². The summed E-state index contributed by atoms with van der Waals surface area (Å²) in [4.78, 5) is 0. The standard InChI is InChI=1S/C26H33NO2/c1-26-14-13-22-21-10-8-20(29-2)15-18(21)5-9-23(22)24(26)11-12-25(26)27-16-17-3-6-19(28)7-4-17/h3-4,6-8,10,15,22-25,27-28H,5,9,11-14,16H2,1-2H3/t22?,23?,24-,25+,26-/m0/s1. The molecule has 0 heterocycles. The van der Waals surface area contributed by atoms with Crippen LogP contribution in [-0.4, -0.2) is 18.3 Å². The maximum Gasteiger partial charge on any atom is 0.119 e. The van der Waals surface area contributed by atoms with Crippen LogP contribution in [0, 0.1) is 17.3 Å². The maximum atomic E-state index is 9.51. The van der Waals surface area contributed by atoms with Crippen LogP contribution in [0.1, 0.15) is 61.6 Å². The van der Waals surface area contributed by atoms with Gasteiger partial charge in [-0.15, -0.1) is 0 Å². The molecule has 2 N–H and O–H groups in total. The van der Waals surface area contributed by atoms with E-state index in [1.54, 1.807) is 24.8 Å². The molecule has 0 amide bonds. The van der Waals surface area contributed by atoms with Crippen molar-refractivity contribution in [2.45, 2.75) is 64.0 Å². The lowest BCUT2D eigenvalue weighted by Gasteiger charge is -2.51. The first kappa shape index (κ1) is 19.0. The number of aryl methyl sites for hydroxylation is 1. The van der Waals surface area contributed by atoms with Gasteiger partial charge in [-0.1, -0.05) is 25.1 Å². The summed E-state index contributed by atoms with van der Waals surface area (Å²) in [5.41, 5.74) is 4.78. The second-order valence-electron chi connectivity index (χ2n) is 9.70. The molecule has 3 heteroatoms. The second kappa shape index (κ2) is 7.36. The van der Waals surface area contributed by atoms with Crippen LogP contribution in [0.15, 0.2) is 42.5 Å². The van der Waals surface area contributed by atoms with Gasteiger partial charge in [0.25, 0.3) is 0 Å². The average Bonchev–Trinajstić information content (AvgIpc) is 3.09. The van der Waals surface area contributed by atoms with Gasteiger partial charge in [-0.2, -0.15) is 0 Å². The van der Waals surface area contributed by atoms with Gasteiger partial charge in [-0.3, -0.25) is 0 Å². The van der Waals surface area contributed by atoms with E-state index in [1.807, 2.05) is 12.1 Å². The summed E-state index contributed by atoms with van der Waals surface area (Å²) < 4.78 is 5.46. The number of phenols is 1. The number of rotatable bonds is 4. The van der Waals surface area contributed by atoms with E-state index in [2.05, 4.69) is 30.4 Å². The minimum Gasteiger partial charge on any atom is -0.508 e. The Balaban J connectivity index is 1.32. The lowest BCUT2D eigenvalue weighted by atomic mass is 9.55. The summed E-state index contributed by atoms with van der Waals surface area (Å²) in [5.74, 6) is 3.74. The van der Waals surface area contributed by atoms with Crippen LogP contribution in [0.4, 0.5) is 0 Å². The Bertz CT molecular complexity index is 877. The molecular formula is C26H33NO2. The molecular weight excluding hydrogens is 358 g/mol. The third-order valence-electron chi connectivity index (χ3n) is 8.42. The maximum absolute atomic E-state index is 9.51. The minimum atomic E-state index is 0.343. The van der Waals surface area contributed by atoms with E-state index >= 15 is 0 Å². The first-order chi connectivity index (χ1) is 14.1. The van der Waals surface area contributed by atoms with Crippen LogP contribution in [0.25, 0.3) is 0 Å². The number of hydrogen-bond acceptors (Lipinski definition) is 3. The molecule has 2 unspecified atom stereocenters. The van der Waals surface area contributed by atoms with Crippen LogP contribution >= 0.6 is 0 Å². The van der Waals surface area contributed by atoms with Crippen molar-refractivity contribution in [3.8, 4) is 11.5 Å². The summed E-state index contributed by atoms with van der Waals surface area (Å²) in [6, 6.07) is 15.0. The van der Waals surface area contributed by atoms with E-state index in [0.29, 0.717) is 17.2 Å². The fraction of sp³-hybridized carbons (Fsp3) is 0.538. The van der Waals surface area contributed by atoms with Gasteiger partial charge in [0.15, 0.2) is 0 Å². The summed E-state index contributed by atoms with van der Waals surface area (Å²) in [6.45, 7) is 3.45. The molecule has 0 radical (unpaired) electrons. The molecule has 5 rings (SSSR count). The molecule has 0 aliphatic heterocycles. The number of phenolic OH excluding ortho intramolecular Hbond substituents is 1. The number of methoxy groups -OCH3 is 1. The zero-order valence-electron chi connectivity index (χ0n) is 17.7. The zero-order chi connectivity index (χ0) is 20.0. The molecule has 2 aromatic carbocycles. The van der Waals surface area contributed by atoms with Crippen molar-refractivity contribution in [2.24, 2.45) is 17.3 Å². The third-order valence-corrected chi connectivity index (χ3v) is 8.42. The summed E-state index contributed by atoms with van der Waals surface area (Å²) in [6.07, 6.45) is 7.81. The van der Waals surface area contributed by atoms with Crippen LogP contribution < -0.4 is 10.1 Å². The Morgan fingerprint density at radius 3 is 2.69 bits per heavy atom. The monoisotopic (exact) mass is 391 g/mol. The van der Waals surface area contributed by atoms with Crippen molar-refractivity contribution < 1.29 is 9.84 Å². The average molecular weight is 392 g/mol. The molecule has 154 valence electrons. The highest BCUT2D eigenvalue weighted by Crippen LogP contribution is 2.61. The number of ether oxygens (including phenoxy) is 1. The smallest absolute Gasteiger partial charge is 0.119 e. The summed E-state index contributed by atoms with van der Waals surface area (Å²) in [5, 5.41) is 13.4. The largest absolute Gasteiger partial charge is 0.508 e.